The molecule has 0 saturated heterocycles. The lowest BCUT2D eigenvalue weighted by Crippen LogP contribution is -2.38. The molecule has 0 fully saturated rings. The van der Waals surface area contributed by atoms with E-state index in [9.17, 15) is 5.11 Å². The Kier molecular flexibility index (Phi) is 9.95. The molecule has 0 radical (unpaired) electrons. The first kappa shape index (κ1) is 19.3. The molecule has 0 aromatic heterocycles. The van der Waals surface area contributed by atoms with Gasteiger partial charge >= 0.3 is 0 Å². The molecule has 0 aliphatic heterocycles. The molecule has 0 aromatic carbocycles. The Morgan fingerprint density at radius 3 is 2.50 bits per heavy atom. The maximum Gasteiger partial charge on any atom is 0.209 e. The lowest BCUT2D eigenvalue weighted by Gasteiger charge is -2.30. The van der Waals surface area contributed by atoms with Gasteiger partial charge in [-0.25, -0.2) is 0 Å². The molecule has 7 heteroatoms. The molecule has 0 spiro atoms. The molecule has 4 atom stereocenters. The first-order chi connectivity index (χ1) is 8.21. The zero-order valence-corrected chi connectivity index (χ0v) is 16.2. The molecule has 18 heavy (non-hydrogen) atoms. The van der Waals surface area contributed by atoms with Gasteiger partial charge in [-0.2, -0.15) is 11.8 Å². The fourth-order valence-corrected chi connectivity index (χ4v) is 5.88. The van der Waals surface area contributed by atoms with Crippen molar-refractivity contribution in [2.75, 3.05) is 32.2 Å². The van der Waals surface area contributed by atoms with Crippen LogP contribution in [-0.4, -0.2) is 55.7 Å². The average molecular weight is 329 g/mol. The van der Waals surface area contributed by atoms with E-state index in [0.717, 1.165) is 24.5 Å². The molecule has 0 saturated carbocycles. The minimum atomic E-state index is -1.48. The number of hydrogen-bond acceptors (Lipinski definition) is 4. The van der Waals surface area contributed by atoms with Crippen LogP contribution in [0.15, 0.2) is 0 Å². The Bertz CT molecular complexity index is 231. The van der Waals surface area contributed by atoms with Crippen LogP contribution < -0.4 is 0 Å². The van der Waals surface area contributed by atoms with E-state index in [4.69, 9.17) is 4.43 Å². The van der Waals surface area contributed by atoms with E-state index in [0.29, 0.717) is 0 Å². The van der Waals surface area contributed by atoms with Crippen LogP contribution in [0.2, 0.25) is 12.6 Å². The Labute approximate surface area is 122 Å². The predicted octanol–water partition coefficient (Wildman–Crippen LogP) is 2.57. The lowest BCUT2D eigenvalue weighted by atomic mass is 10.4. The summed E-state index contributed by atoms with van der Waals surface area (Å²) in [6, 6.07) is 1.19. The molecule has 3 nitrogen and oxygen atoms in total. The van der Waals surface area contributed by atoms with E-state index in [2.05, 4.69) is 31.5 Å². The fourth-order valence-electron chi connectivity index (χ4n) is 1.48. The lowest BCUT2D eigenvalue weighted by molar-refractivity contribution is 0.00159. The van der Waals surface area contributed by atoms with Gasteiger partial charge in [-0.3, -0.25) is 4.90 Å². The van der Waals surface area contributed by atoms with Crippen molar-refractivity contribution in [2.24, 2.45) is 0 Å². The van der Waals surface area contributed by atoms with Gasteiger partial charge in [-0.05, 0) is 51.5 Å². The van der Waals surface area contributed by atoms with Gasteiger partial charge in [0.15, 0.2) is 0 Å². The zero-order valence-electron chi connectivity index (χ0n) is 12.1. The monoisotopic (exact) mass is 329 g/mol. The molecule has 0 bridgehead atoms. The molecular weight excluding hydrogens is 300 g/mol. The van der Waals surface area contributed by atoms with Crippen LogP contribution in [0, 0.1) is 0 Å². The summed E-state index contributed by atoms with van der Waals surface area (Å²) in [5, 5.41) is 10.0. The standard InChI is InChI=1S/C11H29NO2P2SSi/c1-5-14-18(4,16)10-6-8-17-9-7-11(13,15)12(2)3/h13H,5-10,15-16H2,1-4H3. The fraction of sp³-hybridized carbons (Fsp3) is 1.00. The highest BCUT2D eigenvalue weighted by Crippen LogP contribution is 2.25. The van der Waals surface area contributed by atoms with Crippen LogP contribution >= 0.6 is 29.8 Å². The third kappa shape index (κ3) is 9.25. The Morgan fingerprint density at radius 1 is 1.39 bits per heavy atom. The van der Waals surface area contributed by atoms with Gasteiger partial charge in [0, 0.05) is 13.0 Å². The van der Waals surface area contributed by atoms with E-state index in [1.807, 2.05) is 30.8 Å². The van der Waals surface area contributed by atoms with Gasteiger partial charge in [-0.1, -0.05) is 9.24 Å². The van der Waals surface area contributed by atoms with E-state index >= 15 is 0 Å². The Morgan fingerprint density at radius 2 is 2.00 bits per heavy atom. The minimum Gasteiger partial charge on any atom is -0.414 e. The number of aliphatic hydroxyl groups is 1. The molecule has 1 N–H and O–H groups in total. The average Bonchev–Trinajstić information content (AvgIpc) is 2.22. The van der Waals surface area contributed by atoms with Crippen molar-refractivity contribution in [3.63, 3.8) is 0 Å². The molecule has 0 aliphatic carbocycles. The second kappa shape index (κ2) is 9.28. The smallest absolute Gasteiger partial charge is 0.209 e. The molecule has 0 aromatic rings. The van der Waals surface area contributed by atoms with Gasteiger partial charge in [0.25, 0.3) is 0 Å². The second-order valence-corrected chi connectivity index (χ2v) is 14.2. The normalized spacial score (nSPS) is 18.7. The summed E-state index contributed by atoms with van der Waals surface area (Å²) in [5.74, 6) is 2.14. The molecule has 110 valence electrons. The van der Waals surface area contributed by atoms with Crippen molar-refractivity contribution in [1.29, 1.82) is 0 Å². The van der Waals surface area contributed by atoms with Gasteiger partial charge in [0.1, 0.15) is 5.47 Å². The van der Waals surface area contributed by atoms with Crippen molar-refractivity contribution in [2.45, 2.75) is 37.8 Å². The molecule has 0 amide bonds. The van der Waals surface area contributed by atoms with Crippen molar-refractivity contribution in [3.05, 3.63) is 0 Å². The molecular formula is C11H29NO2P2SSi. The maximum atomic E-state index is 10.0. The van der Waals surface area contributed by atoms with Crippen LogP contribution in [0.3, 0.4) is 0 Å². The Hall–Kier alpha value is 1.31. The van der Waals surface area contributed by atoms with Gasteiger partial charge < -0.3 is 9.53 Å². The molecule has 0 heterocycles. The zero-order chi connectivity index (χ0) is 14.2. The molecule has 4 unspecified atom stereocenters. The largest absolute Gasteiger partial charge is 0.414 e. The van der Waals surface area contributed by atoms with Crippen molar-refractivity contribution >= 4 is 37.8 Å². The number of nitrogens with zero attached hydrogens (tertiary/aromatic N) is 1. The van der Waals surface area contributed by atoms with Crippen molar-refractivity contribution in [1.82, 2.24) is 4.90 Å². The molecule has 0 aliphatic rings. The van der Waals surface area contributed by atoms with Crippen LogP contribution in [0.5, 0.6) is 0 Å². The van der Waals surface area contributed by atoms with Crippen LogP contribution in [0.1, 0.15) is 19.8 Å². The summed E-state index contributed by atoms with van der Waals surface area (Å²) in [4.78, 5) is 1.83. The number of hydrogen-bond donors (Lipinski definition) is 1. The van der Waals surface area contributed by atoms with Gasteiger partial charge in [0.2, 0.25) is 7.98 Å². The van der Waals surface area contributed by atoms with E-state index in [1.54, 1.807) is 0 Å². The number of rotatable bonds is 10. The van der Waals surface area contributed by atoms with E-state index in [-0.39, 0.29) is 0 Å². The topological polar surface area (TPSA) is 32.7 Å². The van der Waals surface area contributed by atoms with Gasteiger partial charge in [0.05, 0.1) is 0 Å². The summed E-state index contributed by atoms with van der Waals surface area (Å²) >= 11 is 1.91. The van der Waals surface area contributed by atoms with Crippen LogP contribution in [0.4, 0.5) is 0 Å². The van der Waals surface area contributed by atoms with Crippen LogP contribution in [0.25, 0.3) is 0 Å². The van der Waals surface area contributed by atoms with Gasteiger partial charge in [-0.15, -0.1) is 8.79 Å². The minimum absolute atomic E-state index is 0.762. The third-order valence-corrected chi connectivity index (χ3v) is 8.36. The van der Waals surface area contributed by atoms with Crippen molar-refractivity contribution < 1.29 is 9.53 Å². The summed E-state index contributed by atoms with van der Waals surface area (Å²) < 4.78 is 5.76. The first-order valence-electron chi connectivity index (χ1n) is 6.40. The Balaban J connectivity index is 3.58. The third-order valence-electron chi connectivity index (χ3n) is 2.82. The summed E-state index contributed by atoms with van der Waals surface area (Å²) in [6.45, 7) is 5.13. The summed E-state index contributed by atoms with van der Waals surface area (Å²) in [6.07, 6.45) is 1.98. The predicted molar refractivity (Wildman–Crippen MR) is 92.7 cm³/mol. The highest BCUT2D eigenvalue weighted by molar-refractivity contribution is 7.99. The summed E-state index contributed by atoms with van der Waals surface area (Å²) in [5.41, 5.74) is -0.762. The highest BCUT2D eigenvalue weighted by atomic mass is 32.2. The first-order valence-corrected chi connectivity index (χ1v) is 12.6. The van der Waals surface area contributed by atoms with E-state index in [1.165, 1.54) is 12.5 Å². The van der Waals surface area contributed by atoms with E-state index < -0.39 is 13.5 Å². The SMILES string of the molecule is CCO[Si](C)(P)CCCSCCC(O)(P)N(C)C. The number of thioether (sulfide) groups is 1. The summed E-state index contributed by atoms with van der Waals surface area (Å²) in [7, 11) is 7.75. The molecule has 0 rings (SSSR count). The van der Waals surface area contributed by atoms with Crippen LogP contribution in [-0.2, 0) is 4.43 Å². The van der Waals surface area contributed by atoms with Crippen molar-refractivity contribution in [3.8, 4) is 0 Å². The second-order valence-electron chi connectivity index (χ2n) is 4.98. The quantitative estimate of drug-likeness (QED) is 0.289. The highest BCUT2D eigenvalue weighted by Gasteiger charge is 2.23. The maximum absolute atomic E-state index is 10.0.